The van der Waals surface area contributed by atoms with E-state index in [0.717, 1.165) is 118 Å². The highest BCUT2D eigenvalue weighted by molar-refractivity contribution is 5.95. The molecule has 8 rings (SSSR count). The topological polar surface area (TPSA) is 74.4 Å². The Balaban J connectivity index is 0.000000217. The molecule has 4 aliphatic rings. The zero-order valence-electron chi connectivity index (χ0n) is 34.6. The Labute approximate surface area is 354 Å². The van der Waals surface area contributed by atoms with Gasteiger partial charge < -0.3 is 29.5 Å². The van der Waals surface area contributed by atoms with Crippen molar-refractivity contribution in [3.05, 3.63) is 137 Å². The summed E-state index contributed by atoms with van der Waals surface area (Å²) in [6.45, 7) is 15.1. The van der Waals surface area contributed by atoms with E-state index in [1.807, 2.05) is 67.8 Å². The molecule has 0 radical (unpaired) electrons. The molecule has 1 atom stereocenters. The zero-order valence-corrected chi connectivity index (χ0v) is 34.6. The summed E-state index contributed by atoms with van der Waals surface area (Å²) in [6.07, 6.45) is 7.37. The highest BCUT2D eigenvalue weighted by atomic mass is 16.5. The number of carbonyl (C=O) groups is 2. The van der Waals surface area contributed by atoms with E-state index in [4.69, 9.17) is 9.47 Å². The molecule has 8 nitrogen and oxygen atoms in total. The van der Waals surface area contributed by atoms with Crippen LogP contribution in [0.1, 0.15) is 124 Å². The highest BCUT2D eigenvalue weighted by Gasteiger charge is 2.42. The summed E-state index contributed by atoms with van der Waals surface area (Å²) in [6, 6.07) is 33.0. The predicted octanol–water partition coefficient (Wildman–Crippen LogP) is 9.93. The molecule has 2 saturated heterocycles. The van der Waals surface area contributed by atoms with Crippen molar-refractivity contribution in [3.63, 3.8) is 0 Å². The summed E-state index contributed by atoms with van der Waals surface area (Å²) in [5.74, 6) is 2.48. The molecule has 59 heavy (non-hydrogen) atoms. The van der Waals surface area contributed by atoms with Gasteiger partial charge in [0.15, 0.2) is 0 Å². The first kappa shape index (κ1) is 45.2. The lowest BCUT2D eigenvalue weighted by Gasteiger charge is -2.45. The van der Waals surface area contributed by atoms with E-state index >= 15 is 0 Å². The van der Waals surface area contributed by atoms with Crippen LogP contribution in [0.5, 0.6) is 11.5 Å². The molecule has 2 fully saturated rings. The van der Waals surface area contributed by atoms with E-state index in [2.05, 4.69) is 90.1 Å². The van der Waals surface area contributed by atoms with Crippen LogP contribution >= 0.6 is 0 Å². The van der Waals surface area contributed by atoms with Crippen LogP contribution in [0.25, 0.3) is 5.57 Å². The molecule has 0 aromatic heterocycles. The van der Waals surface area contributed by atoms with Gasteiger partial charge in [-0.3, -0.25) is 9.59 Å². The maximum atomic E-state index is 12.7. The third-order valence-corrected chi connectivity index (χ3v) is 12.5. The number of hydrogen-bond donors (Lipinski definition) is 1. The number of fused-ring (bicyclic) bond motifs is 2. The normalized spacial score (nSPS) is 18.5. The number of rotatable bonds is 8. The van der Waals surface area contributed by atoms with Crippen LogP contribution < -0.4 is 14.8 Å². The molecule has 1 unspecified atom stereocenters. The SMILES string of the molecule is C.C.CCN(CC)C(=O)c1ccc(C2=CC3(CCN(C)CC3)Oc3ccccc32)cc1.CCN(CC)C(=O)c1ccc(C2CC3(CCNCC3)Oc3ccccc32)cc1. The fraction of sp³-hybridized carbons (Fsp3) is 0.451. The van der Waals surface area contributed by atoms with E-state index in [1.54, 1.807) is 0 Å². The number of likely N-dealkylation sites (tertiary alicyclic amines) is 1. The molecule has 2 amide bonds. The minimum absolute atomic E-state index is 0. The van der Waals surface area contributed by atoms with Gasteiger partial charge in [0, 0.05) is 80.3 Å². The van der Waals surface area contributed by atoms with Crippen molar-refractivity contribution in [2.45, 2.75) is 91.8 Å². The van der Waals surface area contributed by atoms with Gasteiger partial charge in [-0.2, -0.15) is 0 Å². The van der Waals surface area contributed by atoms with Gasteiger partial charge in [-0.15, -0.1) is 0 Å². The Hall–Kier alpha value is -4.92. The molecular formula is C51H68N4O4. The lowest BCUT2D eigenvalue weighted by atomic mass is 9.75. The molecule has 2 spiro atoms. The second-order valence-electron chi connectivity index (χ2n) is 16.0. The van der Waals surface area contributed by atoms with Crippen molar-refractivity contribution in [2.75, 3.05) is 59.4 Å². The first-order valence-corrected chi connectivity index (χ1v) is 21.2. The number of benzene rings is 4. The first-order chi connectivity index (χ1) is 27.7. The number of nitrogens with zero attached hydrogens (tertiary/aromatic N) is 3. The van der Waals surface area contributed by atoms with Crippen LogP contribution in [0.2, 0.25) is 0 Å². The zero-order chi connectivity index (χ0) is 40.0. The van der Waals surface area contributed by atoms with Crippen molar-refractivity contribution in [1.82, 2.24) is 20.0 Å². The lowest BCUT2D eigenvalue weighted by Crippen LogP contribution is -2.49. The summed E-state index contributed by atoms with van der Waals surface area (Å²) in [5.41, 5.74) is 7.18. The van der Waals surface area contributed by atoms with Crippen molar-refractivity contribution in [2.24, 2.45) is 0 Å². The number of hydrogen-bond acceptors (Lipinski definition) is 6. The molecule has 4 aromatic carbocycles. The quantitative estimate of drug-likeness (QED) is 0.191. The second kappa shape index (κ2) is 19.9. The Morgan fingerprint density at radius 2 is 1.20 bits per heavy atom. The Kier molecular flexibility index (Phi) is 15.2. The average Bonchev–Trinajstić information content (AvgIpc) is 3.25. The number of carbonyl (C=O) groups excluding carboxylic acids is 2. The number of nitrogens with one attached hydrogen (secondary N) is 1. The molecule has 1 N–H and O–H groups in total. The fourth-order valence-electron chi connectivity index (χ4n) is 8.99. The van der Waals surface area contributed by atoms with Gasteiger partial charge in [0.1, 0.15) is 22.7 Å². The maximum absolute atomic E-state index is 12.7. The van der Waals surface area contributed by atoms with Gasteiger partial charge in [0.2, 0.25) is 0 Å². The molecular weight excluding hydrogens is 733 g/mol. The Bertz CT molecular complexity index is 2020. The largest absolute Gasteiger partial charge is 0.487 e. The van der Waals surface area contributed by atoms with Crippen molar-refractivity contribution >= 4 is 17.4 Å². The summed E-state index contributed by atoms with van der Waals surface area (Å²) < 4.78 is 13.1. The summed E-state index contributed by atoms with van der Waals surface area (Å²) in [7, 11) is 2.17. The van der Waals surface area contributed by atoms with E-state index < -0.39 is 0 Å². The van der Waals surface area contributed by atoms with Crippen LogP contribution in [0.15, 0.2) is 103 Å². The van der Waals surface area contributed by atoms with Crippen LogP contribution in [-0.2, 0) is 0 Å². The van der Waals surface area contributed by atoms with Crippen LogP contribution in [-0.4, -0.2) is 97.1 Å². The predicted molar refractivity (Wildman–Crippen MR) is 243 cm³/mol. The van der Waals surface area contributed by atoms with Gasteiger partial charge >= 0.3 is 0 Å². The molecule has 0 bridgehead atoms. The average molecular weight is 801 g/mol. The Morgan fingerprint density at radius 1 is 0.678 bits per heavy atom. The van der Waals surface area contributed by atoms with Gasteiger partial charge in [-0.25, -0.2) is 0 Å². The summed E-state index contributed by atoms with van der Waals surface area (Å²) in [4.78, 5) is 31.4. The molecule has 8 heteroatoms. The number of amides is 2. The van der Waals surface area contributed by atoms with Crippen molar-refractivity contribution in [1.29, 1.82) is 0 Å². The van der Waals surface area contributed by atoms with Crippen LogP contribution in [0.3, 0.4) is 0 Å². The Morgan fingerprint density at radius 3 is 1.78 bits per heavy atom. The summed E-state index contributed by atoms with van der Waals surface area (Å²) >= 11 is 0. The standard InChI is InChI=1S/C25H30N2O2.C24H30N2O2.2CH4/c1-4-27(5-2)24(28)20-12-10-19(11-13-20)22-18-25(14-16-26(3)17-15-25)29-23-9-7-6-8-21(22)23;1-3-26(4-2)23(27)19-11-9-18(10-12-19)21-17-24(13-15-25-16-14-24)28-22-8-6-5-7-20(21)22;;/h6-13,18H,4-5,14-17H2,1-3H3;5-12,21,25H,3-4,13-17H2,1-2H3;2*1H4. The van der Waals surface area contributed by atoms with Crippen LogP contribution in [0.4, 0.5) is 0 Å². The monoisotopic (exact) mass is 801 g/mol. The van der Waals surface area contributed by atoms with Crippen molar-refractivity contribution < 1.29 is 19.1 Å². The van der Waals surface area contributed by atoms with E-state index in [0.29, 0.717) is 5.92 Å². The van der Waals surface area contributed by atoms with Gasteiger partial charge in [0.25, 0.3) is 11.8 Å². The summed E-state index contributed by atoms with van der Waals surface area (Å²) in [5, 5.41) is 3.45. The first-order valence-electron chi connectivity index (χ1n) is 21.2. The van der Waals surface area contributed by atoms with Gasteiger partial charge in [-0.1, -0.05) is 75.5 Å². The van der Waals surface area contributed by atoms with Gasteiger partial charge in [0.05, 0.1) is 0 Å². The minimum atomic E-state index is -0.244. The molecule has 0 saturated carbocycles. The van der Waals surface area contributed by atoms with Crippen LogP contribution in [0, 0.1) is 0 Å². The third kappa shape index (κ3) is 9.77. The minimum Gasteiger partial charge on any atom is -0.487 e. The van der Waals surface area contributed by atoms with E-state index in [9.17, 15) is 9.59 Å². The number of ether oxygens (including phenoxy) is 2. The molecule has 4 aromatic rings. The van der Waals surface area contributed by atoms with E-state index in [-0.39, 0.29) is 37.9 Å². The molecule has 4 aliphatic heterocycles. The molecule has 0 aliphatic carbocycles. The third-order valence-electron chi connectivity index (χ3n) is 12.5. The molecule has 4 heterocycles. The highest BCUT2D eigenvalue weighted by Crippen LogP contribution is 2.47. The van der Waals surface area contributed by atoms with E-state index in [1.165, 1.54) is 16.7 Å². The lowest BCUT2D eigenvalue weighted by molar-refractivity contribution is 0.0114. The smallest absolute Gasteiger partial charge is 0.253 e. The number of para-hydroxylation sites is 2. The van der Waals surface area contributed by atoms with Gasteiger partial charge in [-0.05, 0) is 126 Å². The fourth-order valence-corrected chi connectivity index (χ4v) is 8.99. The number of piperidine rings is 2. The molecule has 316 valence electrons. The maximum Gasteiger partial charge on any atom is 0.253 e. The van der Waals surface area contributed by atoms with Crippen molar-refractivity contribution in [3.8, 4) is 11.5 Å². The second-order valence-corrected chi connectivity index (χ2v) is 16.0.